The number of nitrogen functional groups attached to an aromatic ring is 1. The highest BCUT2D eigenvalue weighted by Gasteiger charge is 2.51. The molecule has 162 valence electrons. The zero-order valence-corrected chi connectivity index (χ0v) is 19.0. The summed E-state index contributed by atoms with van der Waals surface area (Å²) in [7, 11) is -4.09. The number of hydrogen-bond acceptors (Lipinski definition) is 7. The Labute approximate surface area is 174 Å². The molecule has 1 fully saturated rings. The van der Waals surface area contributed by atoms with Crippen molar-refractivity contribution >= 4 is 28.4 Å². The van der Waals surface area contributed by atoms with E-state index in [0.29, 0.717) is 12.1 Å². The van der Waals surface area contributed by atoms with Crippen molar-refractivity contribution in [3.05, 3.63) is 6.20 Å². The van der Waals surface area contributed by atoms with Gasteiger partial charge in [0, 0.05) is 37.0 Å². The summed E-state index contributed by atoms with van der Waals surface area (Å²) in [6.07, 6.45) is 2.63. The molecule has 1 aromatic rings. The SMILES string of the molecule is CCOB(OC(C)(C)CC)c1cn(C2(CC#N)CN(S(=O)(=O)C(C)C)C2)nc1N. The van der Waals surface area contributed by atoms with Crippen LogP contribution in [0, 0.1) is 11.3 Å². The Morgan fingerprint density at radius 2 is 2.03 bits per heavy atom. The maximum atomic E-state index is 12.4. The van der Waals surface area contributed by atoms with Crippen LogP contribution in [0.3, 0.4) is 0 Å². The van der Waals surface area contributed by atoms with Crippen molar-refractivity contribution in [2.24, 2.45) is 0 Å². The molecule has 0 spiro atoms. The van der Waals surface area contributed by atoms with E-state index in [1.165, 1.54) is 4.31 Å². The number of nitrogens with two attached hydrogens (primary N) is 1. The van der Waals surface area contributed by atoms with Gasteiger partial charge < -0.3 is 15.0 Å². The Morgan fingerprint density at radius 3 is 2.52 bits per heavy atom. The van der Waals surface area contributed by atoms with Gasteiger partial charge in [0.25, 0.3) is 0 Å². The molecule has 0 aliphatic carbocycles. The van der Waals surface area contributed by atoms with Crippen molar-refractivity contribution in [1.29, 1.82) is 5.26 Å². The average molecular weight is 425 g/mol. The summed E-state index contributed by atoms with van der Waals surface area (Å²) in [5.74, 6) is 0.248. The number of rotatable bonds is 10. The van der Waals surface area contributed by atoms with Crippen molar-refractivity contribution in [2.75, 3.05) is 25.4 Å². The monoisotopic (exact) mass is 425 g/mol. The van der Waals surface area contributed by atoms with E-state index in [9.17, 15) is 13.7 Å². The fourth-order valence-corrected chi connectivity index (χ4v) is 4.55. The van der Waals surface area contributed by atoms with Gasteiger partial charge in [-0.3, -0.25) is 4.68 Å². The molecule has 2 heterocycles. The molecule has 0 radical (unpaired) electrons. The molecule has 1 aliphatic heterocycles. The van der Waals surface area contributed by atoms with E-state index in [1.54, 1.807) is 24.7 Å². The van der Waals surface area contributed by atoms with Gasteiger partial charge in [0.1, 0.15) is 11.4 Å². The lowest BCUT2D eigenvalue weighted by molar-refractivity contribution is 0.0689. The predicted octanol–water partition coefficient (Wildman–Crippen LogP) is 1.06. The smallest absolute Gasteiger partial charge is 0.407 e. The van der Waals surface area contributed by atoms with Gasteiger partial charge >= 0.3 is 7.12 Å². The predicted molar refractivity (Wildman–Crippen MR) is 113 cm³/mol. The van der Waals surface area contributed by atoms with Crippen LogP contribution in [0.25, 0.3) is 0 Å². The maximum Gasteiger partial charge on any atom is 0.499 e. The van der Waals surface area contributed by atoms with E-state index in [1.807, 2.05) is 27.7 Å². The highest BCUT2D eigenvalue weighted by atomic mass is 32.2. The second-order valence-electron chi connectivity index (χ2n) is 8.35. The molecule has 9 nitrogen and oxygen atoms in total. The molecular formula is C18H32BN5O4S. The second kappa shape index (κ2) is 8.64. The average Bonchev–Trinajstić information content (AvgIpc) is 2.98. The normalized spacial score (nSPS) is 17.2. The molecule has 11 heteroatoms. The van der Waals surface area contributed by atoms with Crippen LogP contribution >= 0.6 is 0 Å². The van der Waals surface area contributed by atoms with Crippen molar-refractivity contribution < 1.29 is 17.7 Å². The topological polar surface area (TPSA) is 123 Å². The minimum absolute atomic E-state index is 0.123. The number of nitrogens with zero attached hydrogens (tertiary/aromatic N) is 4. The Balaban J connectivity index is 2.34. The third kappa shape index (κ3) is 4.77. The van der Waals surface area contributed by atoms with Gasteiger partial charge in [-0.15, -0.1) is 0 Å². The van der Waals surface area contributed by atoms with Crippen LogP contribution in [-0.4, -0.2) is 60.2 Å². The minimum Gasteiger partial charge on any atom is -0.407 e. The summed E-state index contributed by atoms with van der Waals surface area (Å²) < 4.78 is 39.8. The van der Waals surface area contributed by atoms with Crippen LogP contribution in [0.5, 0.6) is 0 Å². The first-order valence-corrected chi connectivity index (χ1v) is 11.4. The van der Waals surface area contributed by atoms with Crippen LogP contribution in [0.1, 0.15) is 54.4 Å². The van der Waals surface area contributed by atoms with E-state index >= 15 is 0 Å². The zero-order chi connectivity index (χ0) is 22.0. The number of hydrogen-bond donors (Lipinski definition) is 1. The molecular weight excluding hydrogens is 393 g/mol. The third-order valence-electron chi connectivity index (χ3n) is 5.41. The van der Waals surface area contributed by atoms with E-state index in [4.69, 9.17) is 15.0 Å². The molecule has 0 aromatic carbocycles. The molecule has 0 amide bonds. The van der Waals surface area contributed by atoms with Crippen LogP contribution in [0.15, 0.2) is 6.20 Å². The van der Waals surface area contributed by atoms with E-state index in [-0.39, 0.29) is 25.3 Å². The summed E-state index contributed by atoms with van der Waals surface area (Å²) in [5.41, 5.74) is 5.58. The maximum absolute atomic E-state index is 12.4. The molecule has 29 heavy (non-hydrogen) atoms. The second-order valence-corrected chi connectivity index (χ2v) is 10.8. The number of nitriles is 1. The largest absolute Gasteiger partial charge is 0.499 e. The van der Waals surface area contributed by atoms with Crippen molar-refractivity contribution in [3.63, 3.8) is 0 Å². The number of aromatic nitrogens is 2. The molecule has 0 atom stereocenters. The van der Waals surface area contributed by atoms with Crippen molar-refractivity contribution in [2.45, 2.75) is 70.8 Å². The molecule has 1 aliphatic rings. The van der Waals surface area contributed by atoms with Crippen LogP contribution < -0.4 is 11.2 Å². The van der Waals surface area contributed by atoms with E-state index < -0.39 is 33.5 Å². The van der Waals surface area contributed by atoms with Gasteiger partial charge in [0.05, 0.1) is 17.7 Å². The minimum atomic E-state index is -3.39. The highest BCUT2D eigenvalue weighted by Crippen LogP contribution is 2.35. The van der Waals surface area contributed by atoms with Gasteiger partial charge in [-0.05, 0) is 41.0 Å². The lowest BCUT2D eigenvalue weighted by Crippen LogP contribution is -2.65. The van der Waals surface area contributed by atoms with E-state index in [2.05, 4.69) is 11.2 Å². The Bertz CT molecular complexity index is 856. The molecule has 0 unspecified atom stereocenters. The van der Waals surface area contributed by atoms with Gasteiger partial charge in [-0.2, -0.15) is 14.7 Å². The standard InChI is InChI=1S/C18H32BN5O4S/c1-7-17(5,6)28-19(27-8-2)15-11-24(22-16(15)21)18(9-10-20)12-23(13-18)29(25,26)14(3)4/h11,14H,7-9,12-13H2,1-6H3,(H2,21,22). The van der Waals surface area contributed by atoms with Crippen molar-refractivity contribution in [3.8, 4) is 6.07 Å². The fourth-order valence-electron chi connectivity index (χ4n) is 3.11. The molecule has 2 rings (SSSR count). The van der Waals surface area contributed by atoms with E-state index in [0.717, 1.165) is 6.42 Å². The fraction of sp³-hybridized carbons (Fsp3) is 0.778. The number of anilines is 1. The molecule has 1 aromatic heterocycles. The first kappa shape index (κ1) is 23.7. The first-order chi connectivity index (χ1) is 13.4. The lowest BCUT2D eigenvalue weighted by Gasteiger charge is -2.48. The van der Waals surface area contributed by atoms with Gasteiger partial charge in [-0.25, -0.2) is 8.42 Å². The van der Waals surface area contributed by atoms with Crippen LogP contribution in [0.4, 0.5) is 5.82 Å². The van der Waals surface area contributed by atoms with Crippen LogP contribution in [0.2, 0.25) is 0 Å². The van der Waals surface area contributed by atoms with Crippen molar-refractivity contribution in [1.82, 2.24) is 14.1 Å². The van der Waals surface area contributed by atoms with Gasteiger partial charge in [0.2, 0.25) is 10.0 Å². The summed E-state index contributed by atoms with van der Waals surface area (Å²) in [5, 5.41) is 13.2. The Hall–Kier alpha value is -1.61. The Kier molecular flexibility index (Phi) is 7.05. The molecule has 1 saturated heterocycles. The third-order valence-corrected chi connectivity index (χ3v) is 7.58. The Morgan fingerprint density at radius 1 is 1.41 bits per heavy atom. The van der Waals surface area contributed by atoms with Crippen LogP contribution in [-0.2, 0) is 24.9 Å². The summed E-state index contributed by atoms with van der Waals surface area (Å²) in [6, 6.07) is 2.16. The number of sulfonamides is 1. The molecule has 0 bridgehead atoms. The summed E-state index contributed by atoms with van der Waals surface area (Å²) >= 11 is 0. The summed E-state index contributed by atoms with van der Waals surface area (Å²) in [6.45, 7) is 11.9. The first-order valence-electron chi connectivity index (χ1n) is 9.93. The quantitative estimate of drug-likeness (QED) is 0.556. The molecule has 0 saturated carbocycles. The summed E-state index contributed by atoms with van der Waals surface area (Å²) in [4.78, 5) is 0. The zero-order valence-electron chi connectivity index (χ0n) is 18.2. The molecule has 2 N–H and O–H groups in total. The van der Waals surface area contributed by atoms with Gasteiger partial charge in [-0.1, -0.05) is 6.92 Å². The lowest BCUT2D eigenvalue weighted by atomic mass is 9.78. The van der Waals surface area contributed by atoms with Gasteiger partial charge in [0.15, 0.2) is 0 Å². The highest BCUT2D eigenvalue weighted by molar-refractivity contribution is 7.89.